The first-order valence-corrected chi connectivity index (χ1v) is 10.7. The van der Waals surface area contributed by atoms with E-state index in [1.807, 2.05) is 48.5 Å². The van der Waals surface area contributed by atoms with Crippen molar-refractivity contribution in [2.24, 2.45) is 0 Å². The summed E-state index contributed by atoms with van der Waals surface area (Å²) in [6.07, 6.45) is 1.99. The SMILES string of the molecule is O[C@@H](CNc1cc(N2CCCN(Cc3ccc(F)cc3)CC2)ncn1)c1ccccc1. The molecule has 1 aliphatic rings. The number of anilines is 2. The molecule has 6 nitrogen and oxygen atoms in total. The molecule has 4 rings (SSSR count). The molecule has 31 heavy (non-hydrogen) atoms. The molecule has 2 N–H and O–H groups in total. The molecule has 0 aliphatic carbocycles. The van der Waals surface area contributed by atoms with Gasteiger partial charge < -0.3 is 15.3 Å². The summed E-state index contributed by atoms with van der Waals surface area (Å²) in [6.45, 7) is 4.89. The summed E-state index contributed by atoms with van der Waals surface area (Å²) < 4.78 is 13.1. The second-order valence-corrected chi connectivity index (χ2v) is 7.81. The second-order valence-electron chi connectivity index (χ2n) is 7.81. The van der Waals surface area contributed by atoms with E-state index >= 15 is 0 Å². The molecule has 3 aromatic rings. The number of aliphatic hydroxyl groups is 1. The molecule has 0 radical (unpaired) electrons. The fraction of sp³-hybridized carbons (Fsp3) is 0.333. The summed E-state index contributed by atoms with van der Waals surface area (Å²) >= 11 is 0. The Morgan fingerprint density at radius 2 is 1.77 bits per heavy atom. The van der Waals surface area contributed by atoms with Crippen LogP contribution in [0.3, 0.4) is 0 Å². The van der Waals surface area contributed by atoms with E-state index in [-0.39, 0.29) is 5.82 Å². The highest BCUT2D eigenvalue weighted by Crippen LogP contribution is 2.19. The van der Waals surface area contributed by atoms with Crippen LogP contribution in [0.1, 0.15) is 23.7 Å². The van der Waals surface area contributed by atoms with Crippen molar-refractivity contribution in [3.8, 4) is 0 Å². The number of benzene rings is 2. The van der Waals surface area contributed by atoms with Crippen LogP contribution in [0.15, 0.2) is 67.0 Å². The molecular formula is C24H28FN5O. The molecule has 0 amide bonds. The van der Waals surface area contributed by atoms with Gasteiger partial charge in [-0.3, -0.25) is 4.90 Å². The normalized spacial score (nSPS) is 16.0. The van der Waals surface area contributed by atoms with Gasteiger partial charge in [0.15, 0.2) is 0 Å². The van der Waals surface area contributed by atoms with Crippen molar-refractivity contribution in [1.82, 2.24) is 14.9 Å². The Morgan fingerprint density at radius 3 is 2.58 bits per heavy atom. The van der Waals surface area contributed by atoms with Gasteiger partial charge in [-0.05, 0) is 29.7 Å². The number of hydrogen-bond donors (Lipinski definition) is 2. The molecule has 0 saturated carbocycles. The zero-order valence-electron chi connectivity index (χ0n) is 17.5. The lowest BCUT2D eigenvalue weighted by Crippen LogP contribution is -2.31. The highest BCUT2D eigenvalue weighted by molar-refractivity contribution is 5.48. The minimum absolute atomic E-state index is 0.199. The molecule has 1 aliphatic heterocycles. The van der Waals surface area contributed by atoms with Crippen LogP contribution in [0.2, 0.25) is 0 Å². The predicted octanol–water partition coefficient (Wildman–Crippen LogP) is 3.47. The Kier molecular flexibility index (Phi) is 7.07. The van der Waals surface area contributed by atoms with Gasteiger partial charge in [0, 0.05) is 45.3 Å². The first-order valence-electron chi connectivity index (χ1n) is 10.7. The first-order chi connectivity index (χ1) is 15.2. The summed E-state index contributed by atoms with van der Waals surface area (Å²) in [5.41, 5.74) is 2.00. The van der Waals surface area contributed by atoms with Gasteiger partial charge in [-0.15, -0.1) is 0 Å². The Bertz CT molecular complexity index is 954. The second kappa shape index (κ2) is 10.3. The molecular weight excluding hydrogens is 393 g/mol. The Hall–Kier alpha value is -3.03. The smallest absolute Gasteiger partial charge is 0.134 e. The van der Waals surface area contributed by atoms with E-state index in [1.165, 1.54) is 12.1 Å². The third-order valence-electron chi connectivity index (χ3n) is 5.55. The maximum Gasteiger partial charge on any atom is 0.134 e. The molecule has 1 fully saturated rings. The van der Waals surface area contributed by atoms with Crippen molar-refractivity contribution in [3.05, 3.63) is 83.9 Å². The van der Waals surface area contributed by atoms with Crippen molar-refractivity contribution in [2.45, 2.75) is 19.1 Å². The van der Waals surface area contributed by atoms with Gasteiger partial charge in [0.2, 0.25) is 0 Å². The van der Waals surface area contributed by atoms with E-state index in [1.54, 1.807) is 6.33 Å². The highest BCUT2D eigenvalue weighted by atomic mass is 19.1. The summed E-state index contributed by atoms with van der Waals surface area (Å²) in [5.74, 6) is 1.39. The number of hydrogen-bond acceptors (Lipinski definition) is 6. The van der Waals surface area contributed by atoms with E-state index in [0.717, 1.165) is 56.1 Å². The predicted molar refractivity (Wildman–Crippen MR) is 120 cm³/mol. The molecule has 0 spiro atoms. The first kappa shape index (κ1) is 21.2. The lowest BCUT2D eigenvalue weighted by atomic mass is 10.1. The largest absolute Gasteiger partial charge is 0.387 e. The van der Waals surface area contributed by atoms with Gasteiger partial charge in [0.1, 0.15) is 23.8 Å². The van der Waals surface area contributed by atoms with E-state index in [0.29, 0.717) is 12.4 Å². The maximum atomic E-state index is 13.1. The number of aromatic nitrogens is 2. The van der Waals surface area contributed by atoms with E-state index < -0.39 is 6.10 Å². The van der Waals surface area contributed by atoms with Crippen LogP contribution >= 0.6 is 0 Å². The number of rotatable bonds is 7. The van der Waals surface area contributed by atoms with E-state index in [4.69, 9.17) is 0 Å². The minimum atomic E-state index is -0.599. The molecule has 1 saturated heterocycles. The van der Waals surface area contributed by atoms with Crippen LogP contribution in [-0.2, 0) is 6.54 Å². The zero-order valence-corrected chi connectivity index (χ0v) is 17.5. The molecule has 2 heterocycles. The quantitative estimate of drug-likeness (QED) is 0.609. The van der Waals surface area contributed by atoms with Crippen molar-refractivity contribution in [2.75, 3.05) is 42.9 Å². The highest BCUT2D eigenvalue weighted by Gasteiger charge is 2.17. The van der Waals surface area contributed by atoms with Gasteiger partial charge >= 0.3 is 0 Å². The Labute approximate surface area is 182 Å². The lowest BCUT2D eigenvalue weighted by molar-refractivity contribution is 0.191. The van der Waals surface area contributed by atoms with Gasteiger partial charge in [-0.1, -0.05) is 42.5 Å². The summed E-state index contributed by atoms with van der Waals surface area (Å²) in [5, 5.41) is 13.6. The third kappa shape index (κ3) is 5.99. The van der Waals surface area contributed by atoms with Gasteiger partial charge in [-0.25, -0.2) is 14.4 Å². The summed E-state index contributed by atoms with van der Waals surface area (Å²) in [6, 6.07) is 18.3. The van der Waals surface area contributed by atoms with Crippen molar-refractivity contribution in [3.63, 3.8) is 0 Å². The lowest BCUT2D eigenvalue weighted by Gasteiger charge is -2.23. The number of nitrogens with one attached hydrogen (secondary N) is 1. The maximum absolute atomic E-state index is 13.1. The molecule has 0 bridgehead atoms. The topological polar surface area (TPSA) is 64.5 Å². The van der Waals surface area contributed by atoms with Crippen molar-refractivity contribution in [1.29, 1.82) is 0 Å². The average Bonchev–Trinajstić information content (AvgIpc) is 3.05. The summed E-state index contributed by atoms with van der Waals surface area (Å²) in [7, 11) is 0. The molecule has 1 aromatic heterocycles. The van der Waals surface area contributed by atoms with Crippen LogP contribution in [0, 0.1) is 5.82 Å². The van der Waals surface area contributed by atoms with Gasteiger partial charge in [0.05, 0.1) is 6.10 Å². The van der Waals surface area contributed by atoms with Crippen LogP contribution in [0.4, 0.5) is 16.0 Å². The van der Waals surface area contributed by atoms with Crippen LogP contribution in [0.25, 0.3) is 0 Å². The third-order valence-corrected chi connectivity index (χ3v) is 5.55. The van der Waals surface area contributed by atoms with Gasteiger partial charge in [-0.2, -0.15) is 0 Å². The van der Waals surface area contributed by atoms with Crippen LogP contribution < -0.4 is 10.2 Å². The van der Waals surface area contributed by atoms with Crippen molar-refractivity contribution >= 4 is 11.6 Å². The minimum Gasteiger partial charge on any atom is -0.387 e. The number of aliphatic hydroxyl groups excluding tert-OH is 1. The fourth-order valence-electron chi connectivity index (χ4n) is 3.82. The average molecular weight is 422 g/mol. The van der Waals surface area contributed by atoms with E-state index in [9.17, 15) is 9.50 Å². The number of nitrogens with zero attached hydrogens (tertiary/aromatic N) is 4. The van der Waals surface area contributed by atoms with Gasteiger partial charge in [0.25, 0.3) is 0 Å². The Morgan fingerprint density at radius 1 is 0.968 bits per heavy atom. The molecule has 2 aromatic carbocycles. The van der Waals surface area contributed by atoms with Crippen molar-refractivity contribution < 1.29 is 9.50 Å². The molecule has 1 atom stereocenters. The molecule has 162 valence electrons. The number of halogens is 1. The van der Waals surface area contributed by atoms with E-state index in [2.05, 4.69) is 25.1 Å². The molecule has 7 heteroatoms. The Balaban J connectivity index is 1.32. The standard InChI is InChI=1S/C24H28FN5O/c25-21-9-7-19(8-10-21)17-29-11-4-12-30(14-13-29)24-15-23(27-18-28-24)26-16-22(31)20-5-2-1-3-6-20/h1-3,5-10,15,18,22,31H,4,11-14,16-17H2,(H,26,27,28)/t22-/m0/s1. The zero-order chi connectivity index (χ0) is 21.5. The monoisotopic (exact) mass is 421 g/mol. The van der Waals surface area contributed by atoms with Crippen LogP contribution in [-0.4, -0.2) is 52.7 Å². The fourth-order valence-corrected chi connectivity index (χ4v) is 3.82. The van der Waals surface area contributed by atoms with Crippen LogP contribution in [0.5, 0.6) is 0 Å². The summed E-state index contributed by atoms with van der Waals surface area (Å²) in [4.78, 5) is 13.4. The molecule has 0 unspecified atom stereocenters.